The van der Waals surface area contributed by atoms with E-state index in [-0.39, 0.29) is 6.09 Å². The molecule has 0 aromatic carbocycles. The minimum atomic E-state index is -0.471. The van der Waals surface area contributed by atoms with Crippen molar-refractivity contribution in [3.8, 4) is 0 Å². The molecule has 0 spiro atoms. The fraction of sp³-hybridized carbons (Fsp3) is 0.586. The fourth-order valence-corrected chi connectivity index (χ4v) is 6.00. The van der Waals surface area contributed by atoms with Gasteiger partial charge in [0.05, 0.1) is 0 Å². The molecule has 2 aromatic rings. The number of carbonyl (C=O) groups excluding carboxylic acids is 1. The van der Waals surface area contributed by atoms with Gasteiger partial charge in [0.15, 0.2) is 0 Å². The molecule has 2 aliphatic rings. The van der Waals surface area contributed by atoms with Gasteiger partial charge >= 0.3 is 6.09 Å². The van der Waals surface area contributed by atoms with Crippen molar-refractivity contribution in [3.05, 3.63) is 46.4 Å². The smallest absolute Gasteiger partial charge is 0.410 e. The van der Waals surface area contributed by atoms with Crippen molar-refractivity contribution in [2.24, 2.45) is 5.92 Å². The summed E-state index contributed by atoms with van der Waals surface area (Å²) in [5, 5.41) is 0. The lowest BCUT2D eigenvalue weighted by Crippen LogP contribution is -2.50. The fourth-order valence-electron chi connectivity index (χ4n) is 5.64. The molecule has 4 heterocycles. The van der Waals surface area contributed by atoms with E-state index < -0.39 is 5.60 Å². The summed E-state index contributed by atoms with van der Waals surface area (Å²) in [6.07, 6.45) is 2.96. The van der Waals surface area contributed by atoms with E-state index >= 15 is 0 Å². The molecule has 1 amide bonds. The standard InChI is InChI=1S/C29H42N5O2P/c1-19-14-27(32-10-12-33(13-11-32)28(35)36-29(5,6)7)30-16-24(19)23-8-9-34(17-20(23)2)26-15-21(3)31-22(4)25(26)18-37/h14-16,18,20,23,37H,8-13,17H2,1-7H3. The number of ether oxygens (including phenoxy) is 1. The Hall–Kier alpha value is -2.66. The van der Waals surface area contributed by atoms with Crippen LogP contribution in [0.5, 0.6) is 0 Å². The molecule has 0 radical (unpaired) electrons. The first-order valence-electron chi connectivity index (χ1n) is 13.4. The molecular formula is C29H42N5O2P. The largest absolute Gasteiger partial charge is 0.444 e. The van der Waals surface area contributed by atoms with Crippen LogP contribution < -0.4 is 9.80 Å². The van der Waals surface area contributed by atoms with Crippen LogP contribution in [0.3, 0.4) is 0 Å². The maximum absolute atomic E-state index is 12.4. The van der Waals surface area contributed by atoms with Gasteiger partial charge in [-0.15, -0.1) is 8.86 Å². The van der Waals surface area contributed by atoms with Crippen LogP contribution in [-0.2, 0) is 4.74 Å². The second kappa shape index (κ2) is 11.0. The molecule has 2 aliphatic heterocycles. The number of pyridine rings is 2. The van der Waals surface area contributed by atoms with Crippen LogP contribution in [0.4, 0.5) is 16.3 Å². The molecule has 2 saturated heterocycles. The highest BCUT2D eigenvalue weighted by Gasteiger charge is 2.31. The van der Waals surface area contributed by atoms with Crippen molar-refractivity contribution in [1.29, 1.82) is 0 Å². The van der Waals surface area contributed by atoms with Gasteiger partial charge in [-0.05, 0) is 88.9 Å². The maximum Gasteiger partial charge on any atom is 0.410 e. The van der Waals surface area contributed by atoms with Crippen molar-refractivity contribution < 1.29 is 9.53 Å². The number of amides is 1. The zero-order valence-corrected chi connectivity index (χ0v) is 24.5. The Balaban J connectivity index is 1.41. The highest BCUT2D eigenvalue weighted by Crippen LogP contribution is 2.37. The Kier molecular flexibility index (Phi) is 8.13. The normalized spacial score (nSPS) is 20.7. The van der Waals surface area contributed by atoms with Gasteiger partial charge in [0.25, 0.3) is 0 Å². The molecule has 37 heavy (non-hydrogen) atoms. The predicted molar refractivity (Wildman–Crippen MR) is 155 cm³/mol. The zero-order valence-electron chi connectivity index (χ0n) is 23.5. The summed E-state index contributed by atoms with van der Waals surface area (Å²) < 4.78 is 5.53. The molecule has 4 rings (SSSR count). The third-order valence-electron chi connectivity index (χ3n) is 7.54. The average Bonchev–Trinajstić information content (AvgIpc) is 2.83. The number of piperidine rings is 1. The first-order valence-corrected chi connectivity index (χ1v) is 14.0. The summed E-state index contributed by atoms with van der Waals surface area (Å²) in [6, 6.07) is 4.43. The van der Waals surface area contributed by atoms with Crippen LogP contribution in [0.2, 0.25) is 0 Å². The number of nitrogens with zero attached hydrogens (tertiary/aromatic N) is 5. The van der Waals surface area contributed by atoms with E-state index in [0.717, 1.165) is 49.8 Å². The molecule has 2 unspecified atom stereocenters. The second-order valence-corrected chi connectivity index (χ2v) is 11.9. The maximum atomic E-state index is 12.4. The number of aromatic nitrogens is 2. The number of piperazine rings is 1. The summed E-state index contributed by atoms with van der Waals surface area (Å²) in [4.78, 5) is 28.5. The minimum absolute atomic E-state index is 0.231. The summed E-state index contributed by atoms with van der Waals surface area (Å²) in [5.74, 6) is 3.99. The Morgan fingerprint density at radius 1 is 1.08 bits per heavy atom. The van der Waals surface area contributed by atoms with Gasteiger partial charge in [0.2, 0.25) is 0 Å². The van der Waals surface area contributed by atoms with Crippen LogP contribution in [0, 0.1) is 26.7 Å². The molecule has 7 nitrogen and oxygen atoms in total. The lowest BCUT2D eigenvalue weighted by Gasteiger charge is -2.40. The topological polar surface area (TPSA) is 61.8 Å². The molecule has 2 aromatic heterocycles. The third-order valence-corrected chi connectivity index (χ3v) is 7.83. The van der Waals surface area contributed by atoms with Crippen LogP contribution in [0.15, 0.2) is 18.3 Å². The van der Waals surface area contributed by atoms with E-state index in [0.29, 0.717) is 24.9 Å². The highest BCUT2D eigenvalue weighted by molar-refractivity contribution is 7.19. The Bertz CT molecular complexity index is 1150. The van der Waals surface area contributed by atoms with E-state index in [9.17, 15) is 4.79 Å². The molecule has 0 N–H and O–H groups in total. The summed E-state index contributed by atoms with van der Waals surface area (Å²) >= 11 is 0. The zero-order chi connectivity index (χ0) is 26.9. The molecule has 0 saturated carbocycles. The van der Waals surface area contributed by atoms with E-state index in [1.54, 1.807) is 4.90 Å². The minimum Gasteiger partial charge on any atom is -0.444 e. The summed E-state index contributed by atoms with van der Waals surface area (Å²) in [7, 11) is 3.61. The predicted octanol–water partition coefficient (Wildman–Crippen LogP) is 5.38. The number of aryl methyl sites for hydroxylation is 3. The summed E-state index contributed by atoms with van der Waals surface area (Å²) in [6.45, 7) is 19.3. The van der Waals surface area contributed by atoms with Gasteiger partial charge in [0, 0.05) is 68.1 Å². The van der Waals surface area contributed by atoms with Gasteiger partial charge in [0.1, 0.15) is 11.4 Å². The molecule has 2 atom stereocenters. The quantitative estimate of drug-likeness (QED) is 0.502. The average molecular weight is 524 g/mol. The van der Waals surface area contributed by atoms with Gasteiger partial charge in [-0.2, -0.15) is 0 Å². The number of rotatable bonds is 4. The van der Waals surface area contributed by atoms with E-state index in [4.69, 9.17) is 9.72 Å². The van der Waals surface area contributed by atoms with E-state index in [1.165, 1.54) is 22.4 Å². The Morgan fingerprint density at radius 2 is 1.78 bits per heavy atom. The van der Waals surface area contributed by atoms with Crippen molar-refractivity contribution in [1.82, 2.24) is 14.9 Å². The van der Waals surface area contributed by atoms with Gasteiger partial charge in [-0.25, -0.2) is 9.78 Å². The number of carbonyl (C=O) groups is 1. The Labute approximate surface area is 224 Å². The molecule has 0 aliphatic carbocycles. The molecule has 200 valence electrons. The first kappa shape index (κ1) is 27.4. The van der Waals surface area contributed by atoms with Crippen molar-refractivity contribution in [2.75, 3.05) is 49.1 Å². The Morgan fingerprint density at radius 3 is 2.38 bits per heavy atom. The van der Waals surface area contributed by atoms with Gasteiger partial charge < -0.3 is 19.4 Å². The molecule has 2 fully saturated rings. The van der Waals surface area contributed by atoms with Crippen LogP contribution in [0.25, 0.3) is 0 Å². The molecule has 8 heteroatoms. The van der Waals surface area contributed by atoms with Gasteiger partial charge in [-0.1, -0.05) is 6.92 Å². The van der Waals surface area contributed by atoms with Crippen LogP contribution in [0.1, 0.15) is 68.1 Å². The molecular weight excluding hydrogens is 481 g/mol. The number of anilines is 2. The van der Waals surface area contributed by atoms with Crippen LogP contribution in [-0.4, -0.2) is 71.6 Å². The van der Waals surface area contributed by atoms with E-state index in [1.807, 2.05) is 26.6 Å². The third kappa shape index (κ3) is 6.26. The van der Waals surface area contributed by atoms with Crippen LogP contribution >= 0.6 is 8.86 Å². The number of hydrogen-bond donors (Lipinski definition) is 0. The first-order chi connectivity index (χ1) is 17.5. The molecule has 0 bridgehead atoms. The SMILES string of the molecule is Cc1cc(N2CCC(c3cnc(N4CCN(C(=O)OC(C)(C)C)CC4)cc3C)C(C)C2)c(C=P)c(C)n1. The number of hydrogen-bond acceptors (Lipinski definition) is 6. The van der Waals surface area contributed by atoms with Crippen molar-refractivity contribution >= 4 is 32.3 Å². The summed E-state index contributed by atoms with van der Waals surface area (Å²) in [5.41, 5.74) is 6.74. The monoisotopic (exact) mass is 523 g/mol. The lowest BCUT2D eigenvalue weighted by atomic mass is 9.80. The van der Waals surface area contributed by atoms with E-state index in [2.05, 4.69) is 69.7 Å². The highest BCUT2D eigenvalue weighted by atomic mass is 31.0. The van der Waals surface area contributed by atoms with Crippen molar-refractivity contribution in [3.63, 3.8) is 0 Å². The van der Waals surface area contributed by atoms with Crippen molar-refractivity contribution in [2.45, 2.75) is 66.4 Å². The lowest BCUT2D eigenvalue weighted by molar-refractivity contribution is 0.0240. The second-order valence-electron chi connectivity index (χ2n) is 11.6. The van der Waals surface area contributed by atoms with Gasteiger partial charge in [-0.3, -0.25) is 4.98 Å².